The summed E-state index contributed by atoms with van der Waals surface area (Å²) in [5.74, 6) is -1.71. The molecule has 2 atom stereocenters. The largest absolute Gasteiger partial charge is 0.416 e. The molecule has 4 rings (SSSR count). The number of primary amides is 1. The zero-order valence-corrected chi connectivity index (χ0v) is 20.9. The van der Waals surface area contributed by atoms with Gasteiger partial charge in [0.05, 0.1) is 17.7 Å². The van der Waals surface area contributed by atoms with E-state index < -0.39 is 35.2 Å². The van der Waals surface area contributed by atoms with Crippen LogP contribution in [0, 0.1) is 11.7 Å². The average Bonchev–Trinajstić information content (AvgIpc) is 2.80. The number of anilines is 2. The van der Waals surface area contributed by atoms with Crippen LogP contribution >= 0.6 is 0 Å². The van der Waals surface area contributed by atoms with Crippen molar-refractivity contribution in [2.45, 2.75) is 56.7 Å². The molecule has 38 heavy (non-hydrogen) atoms. The maximum absolute atomic E-state index is 15.6. The van der Waals surface area contributed by atoms with Gasteiger partial charge in [-0.25, -0.2) is 14.4 Å². The van der Waals surface area contributed by atoms with Gasteiger partial charge in [0.1, 0.15) is 12.5 Å². The number of aliphatic hydroxyl groups is 1. The van der Waals surface area contributed by atoms with Gasteiger partial charge in [-0.05, 0) is 50.4 Å². The van der Waals surface area contributed by atoms with Crippen molar-refractivity contribution in [3.63, 3.8) is 0 Å². The maximum Gasteiger partial charge on any atom is 0.416 e. The molecule has 2 aromatic rings. The van der Waals surface area contributed by atoms with Gasteiger partial charge in [0.15, 0.2) is 11.6 Å². The number of likely N-dealkylation sites (tertiary alicyclic amines) is 1. The van der Waals surface area contributed by atoms with Gasteiger partial charge in [0.2, 0.25) is 11.7 Å². The Balaban J connectivity index is 1.49. The van der Waals surface area contributed by atoms with Crippen molar-refractivity contribution in [1.82, 2.24) is 14.9 Å². The second kappa shape index (κ2) is 11.0. The third-order valence-electron chi connectivity index (χ3n) is 7.29. The van der Waals surface area contributed by atoms with Gasteiger partial charge in [0, 0.05) is 31.6 Å². The number of piperidine rings is 1. The van der Waals surface area contributed by atoms with Gasteiger partial charge in [-0.3, -0.25) is 9.69 Å². The molecule has 1 amide bonds. The normalized spacial score (nSPS) is 26.0. The number of carbonyl (C=O) groups excluding carboxylic acids is 1. The Kier molecular flexibility index (Phi) is 8.07. The molecule has 2 aliphatic rings. The highest BCUT2D eigenvalue weighted by atomic mass is 19.4. The summed E-state index contributed by atoms with van der Waals surface area (Å²) in [4.78, 5) is 22.6. The van der Waals surface area contributed by atoms with E-state index in [1.807, 2.05) is 0 Å². The van der Waals surface area contributed by atoms with Crippen LogP contribution in [0.1, 0.15) is 37.3 Å². The Bertz CT molecular complexity index is 1120. The summed E-state index contributed by atoms with van der Waals surface area (Å²) < 4.78 is 68.1. The third kappa shape index (κ3) is 6.49. The van der Waals surface area contributed by atoms with Gasteiger partial charge < -0.3 is 21.1 Å². The van der Waals surface area contributed by atoms with Gasteiger partial charge in [-0.1, -0.05) is 12.1 Å². The molecule has 4 N–H and O–H groups in total. The van der Waals surface area contributed by atoms with Crippen LogP contribution in [0.25, 0.3) is 0 Å². The number of halogens is 5. The van der Waals surface area contributed by atoms with Crippen molar-refractivity contribution in [1.29, 1.82) is 0 Å². The number of nitrogens with zero attached hydrogens (tertiary/aromatic N) is 4. The van der Waals surface area contributed by atoms with Crippen molar-refractivity contribution < 1.29 is 31.9 Å². The zero-order chi connectivity index (χ0) is 27.7. The van der Waals surface area contributed by atoms with Crippen LogP contribution in [0.2, 0.25) is 0 Å². The number of nitrogens with one attached hydrogen (secondary N) is 1. The summed E-state index contributed by atoms with van der Waals surface area (Å²) in [6.07, 6.45) is -3.51. The predicted octanol–water partition coefficient (Wildman–Crippen LogP) is 3.11. The lowest BCUT2D eigenvalue weighted by atomic mass is 9.82. The minimum absolute atomic E-state index is 0.0376. The Morgan fingerprint density at radius 3 is 2.53 bits per heavy atom. The molecule has 1 aliphatic heterocycles. The Labute approximate surface area is 217 Å². The van der Waals surface area contributed by atoms with Crippen LogP contribution < -0.4 is 16.0 Å². The fourth-order valence-corrected chi connectivity index (χ4v) is 5.04. The predicted molar refractivity (Wildman–Crippen MR) is 130 cm³/mol. The van der Waals surface area contributed by atoms with Crippen LogP contribution in [0.15, 0.2) is 30.6 Å². The van der Waals surface area contributed by atoms with Gasteiger partial charge >= 0.3 is 6.18 Å². The number of benzene rings is 1. The summed E-state index contributed by atoms with van der Waals surface area (Å²) in [6, 6.07) is 4.16. The van der Waals surface area contributed by atoms with E-state index in [2.05, 4.69) is 15.3 Å². The molecule has 1 saturated carbocycles. The molecule has 13 heteroatoms. The van der Waals surface area contributed by atoms with Crippen LogP contribution in [0.3, 0.4) is 0 Å². The highest BCUT2D eigenvalue weighted by molar-refractivity contribution is 5.75. The van der Waals surface area contributed by atoms with E-state index in [-0.39, 0.29) is 62.6 Å². The molecule has 1 aromatic heterocycles. The second-order valence-corrected chi connectivity index (χ2v) is 10.3. The van der Waals surface area contributed by atoms with Crippen molar-refractivity contribution in [2.75, 3.05) is 36.4 Å². The first kappa shape index (κ1) is 28.0. The van der Waals surface area contributed by atoms with Gasteiger partial charge in [-0.15, -0.1) is 0 Å². The van der Waals surface area contributed by atoms with Crippen LogP contribution in [-0.4, -0.2) is 69.9 Å². The monoisotopic (exact) mass is 542 g/mol. The molecule has 2 heterocycles. The van der Waals surface area contributed by atoms with Crippen molar-refractivity contribution in [2.24, 2.45) is 11.7 Å². The lowest BCUT2D eigenvalue weighted by Crippen LogP contribution is -2.55. The molecular formula is C25H31F5N6O2. The number of alkyl halides is 4. The molecule has 2 fully saturated rings. The average molecular weight is 543 g/mol. The molecule has 0 spiro atoms. The Morgan fingerprint density at radius 1 is 1.26 bits per heavy atom. The summed E-state index contributed by atoms with van der Waals surface area (Å²) in [7, 11) is 0. The molecule has 0 bridgehead atoms. The Hall–Kier alpha value is -3.06. The SMILES string of the molecule is C[C@]1(O)CN(CC(N)=O)CC[C@H]1CNc1ncnc(N(Cc2ccc(C(F)(F)F)cc2)[C@H]2C[C@H](F)C2)c1F. The van der Waals surface area contributed by atoms with Crippen LogP contribution in [0.5, 0.6) is 0 Å². The van der Waals surface area contributed by atoms with Gasteiger partial charge in [0.25, 0.3) is 0 Å². The van der Waals surface area contributed by atoms with E-state index >= 15 is 4.39 Å². The molecular weight excluding hydrogens is 511 g/mol. The maximum atomic E-state index is 15.6. The molecule has 208 valence electrons. The van der Waals surface area contributed by atoms with E-state index in [0.29, 0.717) is 18.5 Å². The molecule has 0 unspecified atom stereocenters. The standard InChI is InChI=1S/C25H31F5N6O2/c1-24(38)13-35(12-20(31)37)7-6-17(24)10-32-22-21(27)23(34-14-33-22)36(19-8-18(26)9-19)11-15-2-4-16(5-3-15)25(28,29)30/h2-5,14,17-19,38H,6-13H2,1H3,(H2,31,37)(H,32,33,34)/t17-,18-,19-,24-/m0/s1. The molecule has 1 saturated heterocycles. The van der Waals surface area contributed by atoms with E-state index in [0.717, 1.165) is 12.1 Å². The number of hydrogen-bond donors (Lipinski definition) is 3. The summed E-state index contributed by atoms with van der Waals surface area (Å²) >= 11 is 0. The molecule has 1 aromatic carbocycles. The Morgan fingerprint density at radius 2 is 1.95 bits per heavy atom. The minimum Gasteiger partial charge on any atom is -0.388 e. The first-order chi connectivity index (χ1) is 17.8. The van der Waals surface area contributed by atoms with Crippen LogP contribution in [-0.2, 0) is 17.5 Å². The molecule has 8 nitrogen and oxygen atoms in total. The lowest BCUT2D eigenvalue weighted by Gasteiger charge is -2.42. The summed E-state index contributed by atoms with van der Waals surface area (Å²) in [5, 5.41) is 13.8. The number of rotatable bonds is 9. The number of β-amino-alcohol motifs (C(OH)–C–C–N with tert-alkyl or cyclic N) is 1. The quantitative estimate of drug-likeness (QED) is 0.418. The number of carbonyl (C=O) groups is 1. The number of nitrogens with two attached hydrogens (primary N) is 1. The first-order valence-corrected chi connectivity index (χ1v) is 12.4. The number of hydrogen-bond acceptors (Lipinski definition) is 7. The van der Waals surface area contributed by atoms with E-state index in [4.69, 9.17) is 5.73 Å². The third-order valence-corrected chi connectivity index (χ3v) is 7.29. The van der Waals surface area contributed by atoms with E-state index in [1.54, 1.807) is 16.7 Å². The number of amides is 1. The van der Waals surface area contributed by atoms with Crippen molar-refractivity contribution in [3.8, 4) is 0 Å². The number of aromatic nitrogens is 2. The molecule has 1 aliphatic carbocycles. The highest BCUT2D eigenvalue weighted by Crippen LogP contribution is 2.36. The summed E-state index contributed by atoms with van der Waals surface area (Å²) in [6.45, 7) is 2.68. The zero-order valence-electron chi connectivity index (χ0n) is 20.9. The van der Waals surface area contributed by atoms with Crippen molar-refractivity contribution in [3.05, 3.63) is 47.5 Å². The fraction of sp³-hybridized carbons (Fsp3) is 0.560. The van der Waals surface area contributed by atoms with Crippen LogP contribution in [0.4, 0.5) is 33.6 Å². The minimum atomic E-state index is -4.48. The topological polar surface area (TPSA) is 108 Å². The highest BCUT2D eigenvalue weighted by Gasteiger charge is 2.39. The van der Waals surface area contributed by atoms with Crippen molar-refractivity contribution >= 4 is 17.5 Å². The van der Waals surface area contributed by atoms with Gasteiger partial charge in [-0.2, -0.15) is 17.6 Å². The summed E-state index contributed by atoms with van der Waals surface area (Å²) in [5.41, 5.74) is 3.79. The smallest absolute Gasteiger partial charge is 0.388 e. The second-order valence-electron chi connectivity index (χ2n) is 10.3. The fourth-order valence-electron chi connectivity index (χ4n) is 5.04. The van der Waals surface area contributed by atoms with E-state index in [1.165, 1.54) is 18.5 Å². The lowest BCUT2D eigenvalue weighted by molar-refractivity contribution is -0.137. The van der Waals surface area contributed by atoms with E-state index in [9.17, 15) is 27.5 Å². The molecule has 0 radical (unpaired) electrons. The first-order valence-electron chi connectivity index (χ1n) is 12.4.